The number of carbonyl (C=O) groups is 1. The summed E-state index contributed by atoms with van der Waals surface area (Å²) in [6, 6.07) is 16.4. The van der Waals surface area contributed by atoms with Crippen LogP contribution in [-0.2, 0) is 17.8 Å². The summed E-state index contributed by atoms with van der Waals surface area (Å²) in [5.41, 5.74) is 4.73. The Balaban J connectivity index is 2.06. The lowest BCUT2D eigenvalue weighted by Gasteiger charge is -2.21. The fourth-order valence-corrected chi connectivity index (χ4v) is 2.50. The first-order valence-corrected chi connectivity index (χ1v) is 7.48. The van der Waals surface area contributed by atoms with Crippen molar-refractivity contribution in [1.82, 2.24) is 4.90 Å². The Kier molecular flexibility index (Phi) is 5.15. The lowest BCUT2D eigenvalue weighted by atomic mass is 10.0. The van der Waals surface area contributed by atoms with Crippen molar-refractivity contribution in [3.8, 4) is 0 Å². The van der Waals surface area contributed by atoms with E-state index < -0.39 is 0 Å². The molecule has 0 saturated heterocycles. The van der Waals surface area contributed by atoms with Gasteiger partial charge < -0.3 is 4.90 Å². The van der Waals surface area contributed by atoms with Crippen molar-refractivity contribution in [2.75, 3.05) is 6.54 Å². The third kappa shape index (κ3) is 4.19. The van der Waals surface area contributed by atoms with Crippen LogP contribution in [0.5, 0.6) is 0 Å². The SMILES string of the molecule is CCN(Cc1ccccc1)C(=O)Cc1ccc(C)cc1C. The third-order valence-corrected chi connectivity index (χ3v) is 3.79. The van der Waals surface area contributed by atoms with Gasteiger partial charge in [0.15, 0.2) is 0 Å². The van der Waals surface area contributed by atoms with Gasteiger partial charge in [0.2, 0.25) is 5.91 Å². The van der Waals surface area contributed by atoms with Crippen LogP contribution in [0.1, 0.15) is 29.2 Å². The molecule has 0 atom stereocenters. The summed E-state index contributed by atoms with van der Waals surface area (Å²) in [6.07, 6.45) is 0.479. The molecule has 0 N–H and O–H groups in total. The number of amides is 1. The maximum Gasteiger partial charge on any atom is 0.227 e. The summed E-state index contributed by atoms with van der Waals surface area (Å²) < 4.78 is 0. The van der Waals surface area contributed by atoms with Crippen LogP contribution in [0.25, 0.3) is 0 Å². The van der Waals surface area contributed by atoms with Gasteiger partial charge in [0.25, 0.3) is 0 Å². The number of nitrogens with zero attached hydrogens (tertiary/aromatic N) is 1. The Bertz CT molecular complexity index is 604. The van der Waals surface area contributed by atoms with E-state index in [2.05, 4.69) is 44.2 Å². The average molecular weight is 281 g/mol. The first-order chi connectivity index (χ1) is 10.1. The van der Waals surface area contributed by atoms with Crippen molar-refractivity contribution in [1.29, 1.82) is 0 Å². The van der Waals surface area contributed by atoms with Crippen LogP contribution in [0.2, 0.25) is 0 Å². The highest BCUT2D eigenvalue weighted by molar-refractivity contribution is 5.79. The summed E-state index contributed by atoms with van der Waals surface area (Å²) in [4.78, 5) is 14.4. The van der Waals surface area contributed by atoms with Gasteiger partial charge in [-0.15, -0.1) is 0 Å². The van der Waals surface area contributed by atoms with Crippen molar-refractivity contribution in [3.63, 3.8) is 0 Å². The second-order valence-corrected chi connectivity index (χ2v) is 5.50. The molecule has 2 rings (SSSR count). The number of hydrogen-bond donors (Lipinski definition) is 0. The van der Waals surface area contributed by atoms with Crippen LogP contribution in [-0.4, -0.2) is 17.4 Å². The molecule has 2 aromatic carbocycles. The van der Waals surface area contributed by atoms with Crippen LogP contribution < -0.4 is 0 Å². The quantitative estimate of drug-likeness (QED) is 0.814. The zero-order chi connectivity index (χ0) is 15.2. The minimum atomic E-state index is 0.188. The summed E-state index contributed by atoms with van der Waals surface area (Å²) in [7, 11) is 0. The summed E-state index contributed by atoms with van der Waals surface area (Å²) in [5.74, 6) is 0.188. The predicted octanol–water partition coefficient (Wildman–Crippen LogP) is 3.89. The zero-order valence-electron chi connectivity index (χ0n) is 13.1. The molecular weight excluding hydrogens is 258 g/mol. The number of benzene rings is 2. The molecule has 21 heavy (non-hydrogen) atoms. The van der Waals surface area contributed by atoms with Gasteiger partial charge >= 0.3 is 0 Å². The van der Waals surface area contributed by atoms with Crippen LogP contribution in [0, 0.1) is 13.8 Å². The van der Waals surface area contributed by atoms with Gasteiger partial charge in [0, 0.05) is 13.1 Å². The van der Waals surface area contributed by atoms with Crippen LogP contribution >= 0.6 is 0 Å². The Morgan fingerprint density at radius 1 is 1.05 bits per heavy atom. The van der Waals surface area contributed by atoms with Crippen LogP contribution in [0.15, 0.2) is 48.5 Å². The van der Waals surface area contributed by atoms with Crippen molar-refractivity contribution in [2.45, 2.75) is 33.7 Å². The lowest BCUT2D eigenvalue weighted by Crippen LogP contribution is -2.31. The molecule has 1 amide bonds. The van der Waals surface area contributed by atoms with Crippen molar-refractivity contribution in [2.24, 2.45) is 0 Å². The minimum absolute atomic E-state index is 0.188. The van der Waals surface area contributed by atoms with E-state index >= 15 is 0 Å². The van der Waals surface area contributed by atoms with Crippen LogP contribution in [0.4, 0.5) is 0 Å². The van der Waals surface area contributed by atoms with Gasteiger partial charge in [0.1, 0.15) is 0 Å². The van der Waals surface area contributed by atoms with Gasteiger partial charge in [-0.1, -0.05) is 54.1 Å². The summed E-state index contributed by atoms with van der Waals surface area (Å²) in [5, 5.41) is 0. The van der Waals surface area contributed by atoms with Gasteiger partial charge in [-0.25, -0.2) is 0 Å². The lowest BCUT2D eigenvalue weighted by molar-refractivity contribution is -0.130. The van der Waals surface area contributed by atoms with E-state index in [0.717, 1.165) is 12.1 Å². The number of aryl methyl sites for hydroxylation is 2. The highest BCUT2D eigenvalue weighted by Gasteiger charge is 2.13. The third-order valence-electron chi connectivity index (χ3n) is 3.79. The Morgan fingerprint density at radius 3 is 2.38 bits per heavy atom. The van der Waals surface area contributed by atoms with Gasteiger partial charge in [-0.2, -0.15) is 0 Å². The van der Waals surface area contributed by atoms with E-state index in [9.17, 15) is 4.79 Å². The molecule has 110 valence electrons. The number of carbonyl (C=O) groups excluding carboxylic acids is 1. The van der Waals surface area contributed by atoms with Crippen LogP contribution in [0.3, 0.4) is 0 Å². The topological polar surface area (TPSA) is 20.3 Å². The molecular formula is C19H23NO. The second kappa shape index (κ2) is 7.07. The molecule has 2 heteroatoms. The Morgan fingerprint density at radius 2 is 1.76 bits per heavy atom. The molecule has 0 fully saturated rings. The molecule has 0 unspecified atom stereocenters. The number of hydrogen-bond acceptors (Lipinski definition) is 1. The molecule has 0 aromatic heterocycles. The maximum atomic E-state index is 12.5. The molecule has 0 saturated carbocycles. The first-order valence-electron chi connectivity index (χ1n) is 7.48. The van der Waals surface area contributed by atoms with Gasteiger partial charge in [-0.05, 0) is 37.5 Å². The largest absolute Gasteiger partial charge is 0.338 e. The second-order valence-electron chi connectivity index (χ2n) is 5.50. The van der Waals surface area contributed by atoms with E-state index in [0.29, 0.717) is 13.0 Å². The monoisotopic (exact) mass is 281 g/mol. The normalized spacial score (nSPS) is 10.4. The molecule has 0 aliphatic heterocycles. The van der Waals surface area contributed by atoms with Crippen molar-refractivity contribution < 1.29 is 4.79 Å². The molecule has 2 nitrogen and oxygen atoms in total. The molecule has 0 aliphatic carbocycles. The van der Waals surface area contributed by atoms with Gasteiger partial charge in [-0.3, -0.25) is 4.79 Å². The average Bonchev–Trinajstić information content (AvgIpc) is 2.48. The van der Waals surface area contributed by atoms with E-state index in [1.165, 1.54) is 16.7 Å². The Labute approximate surface area is 127 Å². The predicted molar refractivity (Wildman–Crippen MR) is 87.2 cm³/mol. The van der Waals surface area contributed by atoms with E-state index in [4.69, 9.17) is 0 Å². The molecule has 0 radical (unpaired) electrons. The fraction of sp³-hybridized carbons (Fsp3) is 0.316. The fourth-order valence-electron chi connectivity index (χ4n) is 2.50. The first kappa shape index (κ1) is 15.3. The van der Waals surface area contributed by atoms with E-state index in [-0.39, 0.29) is 5.91 Å². The molecule has 0 aliphatic rings. The van der Waals surface area contributed by atoms with Crippen molar-refractivity contribution >= 4 is 5.91 Å². The van der Waals surface area contributed by atoms with Crippen molar-refractivity contribution in [3.05, 3.63) is 70.8 Å². The Hall–Kier alpha value is -2.09. The van der Waals surface area contributed by atoms with Gasteiger partial charge in [0.05, 0.1) is 6.42 Å². The molecule has 2 aromatic rings. The standard InChI is InChI=1S/C19H23NO/c1-4-20(14-17-8-6-5-7-9-17)19(21)13-18-11-10-15(2)12-16(18)3/h5-12H,4,13-14H2,1-3H3. The number of rotatable bonds is 5. The van der Waals surface area contributed by atoms with E-state index in [1.54, 1.807) is 0 Å². The number of likely N-dealkylation sites (N-methyl/N-ethyl adjacent to an activating group) is 1. The summed E-state index contributed by atoms with van der Waals surface area (Å²) >= 11 is 0. The molecule has 0 spiro atoms. The highest BCUT2D eigenvalue weighted by Crippen LogP contribution is 2.13. The maximum absolute atomic E-state index is 12.5. The highest BCUT2D eigenvalue weighted by atomic mass is 16.2. The molecule has 0 heterocycles. The van der Waals surface area contributed by atoms with E-state index in [1.807, 2.05) is 30.0 Å². The zero-order valence-corrected chi connectivity index (χ0v) is 13.1. The smallest absolute Gasteiger partial charge is 0.227 e. The summed E-state index contributed by atoms with van der Waals surface area (Å²) in [6.45, 7) is 7.60. The molecule has 0 bridgehead atoms. The minimum Gasteiger partial charge on any atom is -0.338 e.